The third-order valence-electron chi connectivity index (χ3n) is 3.24. The molecule has 4 heteroatoms. The van der Waals surface area contributed by atoms with Crippen molar-refractivity contribution in [1.29, 1.82) is 0 Å². The Morgan fingerprint density at radius 3 is 1.85 bits per heavy atom. The van der Waals surface area contributed by atoms with Gasteiger partial charge in [0, 0.05) is 26.2 Å². The van der Waals surface area contributed by atoms with E-state index < -0.39 is 5.79 Å². The van der Waals surface area contributed by atoms with Gasteiger partial charge < -0.3 is 9.47 Å². The molecule has 0 aliphatic carbocycles. The van der Waals surface area contributed by atoms with E-state index in [2.05, 4.69) is 6.92 Å². The highest BCUT2D eigenvalue weighted by molar-refractivity contribution is 5.71. The van der Waals surface area contributed by atoms with Crippen LogP contribution in [0.1, 0.15) is 85.5 Å². The summed E-state index contributed by atoms with van der Waals surface area (Å²) in [6, 6.07) is 0. The van der Waals surface area contributed by atoms with E-state index in [1.807, 2.05) is 13.8 Å². The number of rotatable bonds is 11. The van der Waals surface area contributed by atoms with Crippen LogP contribution < -0.4 is 0 Å². The zero-order valence-electron chi connectivity index (χ0n) is 13.5. The summed E-state index contributed by atoms with van der Waals surface area (Å²) in [6.45, 7) is 7.56. The second-order valence-electron chi connectivity index (χ2n) is 5.35. The fraction of sp³-hybridized carbons (Fsp3) is 0.875. The number of esters is 2. The second-order valence-corrected chi connectivity index (χ2v) is 5.35. The van der Waals surface area contributed by atoms with Gasteiger partial charge in [-0.25, -0.2) is 0 Å². The van der Waals surface area contributed by atoms with Crippen molar-refractivity contribution in [2.45, 2.75) is 91.3 Å². The van der Waals surface area contributed by atoms with Crippen LogP contribution in [0.2, 0.25) is 0 Å². The van der Waals surface area contributed by atoms with Crippen LogP contribution in [0.25, 0.3) is 0 Å². The van der Waals surface area contributed by atoms with Crippen molar-refractivity contribution in [2.24, 2.45) is 0 Å². The van der Waals surface area contributed by atoms with E-state index in [9.17, 15) is 9.59 Å². The molecule has 0 saturated carbocycles. The molecule has 20 heavy (non-hydrogen) atoms. The number of hydrogen-bond donors (Lipinski definition) is 0. The number of carbonyl (C=O) groups is 2. The maximum atomic E-state index is 11.8. The molecule has 0 N–H and O–H groups in total. The van der Waals surface area contributed by atoms with Gasteiger partial charge in [-0.3, -0.25) is 9.59 Å². The number of ether oxygens (including phenoxy) is 2. The normalized spacial score (nSPS) is 13.6. The largest absolute Gasteiger partial charge is 0.423 e. The van der Waals surface area contributed by atoms with Crippen molar-refractivity contribution in [1.82, 2.24) is 0 Å². The van der Waals surface area contributed by atoms with Crippen LogP contribution in [0.4, 0.5) is 0 Å². The van der Waals surface area contributed by atoms with E-state index in [1.54, 1.807) is 6.92 Å². The Labute approximate surface area is 123 Å². The minimum Gasteiger partial charge on any atom is -0.423 e. The Kier molecular flexibility index (Phi) is 10.1. The van der Waals surface area contributed by atoms with Crippen LogP contribution in [-0.2, 0) is 19.1 Å². The minimum atomic E-state index is -1.12. The molecule has 0 bridgehead atoms. The van der Waals surface area contributed by atoms with Crippen molar-refractivity contribution < 1.29 is 19.1 Å². The number of hydrogen-bond acceptors (Lipinski definition) is 4. The summed E-state index contributed by atoms with van der Waals surface area (Å²) in [5, 5.41) is 0. The molecule has 0 amide bonds. The van der Waals surface area contributed by atoms with Crippen LogP contribution in [0.5, 0.6) is 0 Å². The molecular formula is C16H30O4. The van der Waals surface area contributed by atoms with E-state index in [0.717, 1.165) is 25.7 Å². The number of unbranched alkanes of at least 4 members (excludes halogenated alkanes) is 4. The Balaban J connectivity index is 4.06. The third kappa shape index (κ3) is 8.94. The van der Waals surface area contributed by atoms with E-state index >= 15 is 0 Å². The lowest BCUT2D eigenvalue weighted by atomic mass is 10.1. The molecule has 0 heterocycles. The Morgan fingerprint density at radius 1 is 0.800 bits per heavy atom. The van der Waals surface area contributed by atoms with Crippen molar-refractivity contribution in [3.63, 3.8) is 0 Å². The molecule has 0 spiro atoms. The average Bonchev–Trinajstić information content (AvgIpc) is 2.38. The maximum Gasteiger partial charge on any atom is 0.309 e. The van der Waals surface area contributed by atoms with Crippen LogP contribution in [0.3, 0.4) is 0 Å². The summed E-state index contributed by atoms with van der Waals surface area (Å²) in [6.07, 6.45) is 7.36. The molecule has 0 rings (SSSR count). The molecule has 0 saturated heterocycles. The van der Waals surface area contributed by atoms with Crippen LogP contribution in [0.15, 0.2) is 0 Å². The quantitative estimate of drug-likeness (QED) is 0.322. The predicted molar refractivity (Wildman–Crippen MR) is 79.2 cm³/mol. The summed E-state index contributed by atoms with van der Waals surface area (Å²) in [7, 11) is 0. The van der Waals surface area contributed by atoms with E-state index in [4.69, 9.17) is 9.47 Å². The van der Waals surface area contributed by atoms with Crippen molar-refractivity contribution in [2.75, 3.05) is 0 Å². The third-order valence-corrected chi connectivity index (χ3v) is 3.24. The van der Waals surface area contributed by atoms with Gasteiger partial charge in [0.2, 0.25) is 0 Å². The van der Waals surface area contributed by atoms with Crippen molar-refractivity contribution in [3.05, 3.63) is 0 Å². The van der Waals surface area contributed by atoms with Gasteiger partial charge in [-0.2, -0.15) is 0 Å². The molecule has 1 unspecified atom stereocenters. The average molecular weight is 286 g/mol. The summed E-state index contributed by atoms with van der Waals surface area (Å²) >= 11 is 0. The molecule has 1 atom stereocenters. The summed E-state index contributed by atoms with van der Waals surface area (Å²) < 4.78 is 10.6. The topological polar surface area (TPSA) is 52.6 Å². The lowest BCUT2D eigenvalue weighted by Crippen LogP contribution is -2.36. The zero-order chi connectivity index (χ0) is 15.4. The minimum absolute atomic E-state index is 0.282. The van der Waals surface area contributed by atoms with Crippen LogP contribution in [0, 0.1) is 0 Å². The van der Waals surface area contributed by atoms with Crippen molar-refractivity contribution >= 4 is 11.9 Å². The van der Waals surface area contributed by atoms with E-state index in [1.165, 1.54) is 12.8 Å². The van der Waals surface area contributed by atoms with Gasteiger partial charge >= 0.3 is 11.9 Å². The monoisotopic (exact) mass is 286 g/mol. The fourth-order valence-corrected chi connectivity index (χ4v) is 1.83. The van der Waals surface area contributed by atoms with Crippen LogP contribution >= 0.6 is 0 Å². The molecule has 0 fully saturated rings. The van der Waals surface area contributed by atoms with Gasteiger partial charge in [-0.15, -0.1) is 0 Å². The molecule has 0 aromatic rings. The van der Waals surface area contributed by atoms with E-state index in [-0.39, 0.29) is 11.9 Å². The first-order valence-corrected chi connectivity index (χ1v) is 7.91. The smallest absolute Gasteiger partial charge is 0.309 e. The molecule has 4 nitrogen and oxygen atoms in total. The highest BCUT2D eigenvalue weighted by atomic mass is 16.7. The Bertz CT molecular complexity index is 288. The lowest BCUT2D eigenvalue weighted by molar-refractivity contribution is -0.223. The van der Waals surface area contributed by atoms with Gasteiger partial charge in [-0.05, 0) is 12.8 Å². The molecule has 0 aliphatic heterocycles. The SMILES string of the molecule is CCCCCCCC(=O)OC(C)(CC)OC(=O)CCC. The highest BCUT2D eigenvalue weighted by Crippen LogP contribution is 2.20. The molecule has 118 valence electrons. The standard InChI is InChI=1S/C16H30O4/c1-5-8-9-10-11-13-15(18)20-16(4,7-3)19-14(17)12-6-2/h5-13H2,1-4H3. The highest BCUT2D eigenvalue weighted by Gasteiger charge is 2.30. The van der Waals surface area contributed by atoms with Gasteiger partial charge in [0.1, 0.15) is 0 Å². The summed E-state index contributed by atoms with van der Waals surface area (Å²) in [4.78, 5) is 23.3. The van der Waals surface area contributed by atoms with Gasteiger partial charge in [0.05, 0.1) is 0 Å². The summed E-state index contributed by atoms with van der Waals surface area (Å²) in [5.74, 6) is -1.71. The zero-order valence-corrected chi connectivity index (χ0v) is 13.5. The molecule has 0 aromatic carbocycles. The molecule has 0 aromatic heterocycles. The summed E-state index contributed by atoms with van der Waals surface area (Å²) in [5.41, 5.74) is 0. The first-order chi connectivity index (χ1) is 9.47. The van der Waals surface area contributed by atoms with Gasteiger partial charge in [0.25, 0.3) is 5.79 Å². The molecule has 0 radical (unpaired) electrons. The Hall–Kier alpha value is -1.06. The second kappa shape index (κ2) is 10.7. The fourth-order valence-electron chi connectivity index (χ4n) is 1.83. The van der Waals surface area contributed by atoms with Gasteiger partial charge in [-0.1, -0.05) is 46.5 Å². The molecular weight excluding hydrogens is 256 g/mol. The Morgan fingerprint density at radius 2 is 1.35 bits per heavy atom. The van der Waals surface area contributed by atoms with Crippen LogP contribution in [-0.4, -0.2) is 17.7 Å². The first-order valence-electron chi connectivity index (χ1n) is 7.91. The maximum absolute atomic E-state index is 11.8. The lowest BCUT2D eigenvalue weighted by Gasteiger charge is -2.28. The number of carbonyl (C=O) groups excluding carboxylic acids is 2. The first kappa shape index (κ1) is 18.9. The predicted octanol–water partition coefficient (Wildman–Crippen LogP) is 4.36. The van der Waals surface area contributed by atoms with E-state index in [0.29, 0.717) is 19.3 Å². The molecule has 0 aliphatic rings. The van der Waals surface area contributed by atoms with Gasteiger partial charge in [0.15, 0.2) is 0 Å². The van der Waals surface area contributed by atoms with Crippen molar-refractivity contribution in [3.8, 4) is 0 Å².